The van der Waals surface area contributed by atoms with Gasteiger partial charge in [-0.3, -0.25) is 14.5 Å². The van der Waals surface area contributed by atoms with E-state index in [1.807, 2.05) is 42.5 Å². The lowest BCUT2D eigenvalue weighted by Gasteiger charge is -2.47. The van der Waals surface area contributed by atoms with Crippen LogP contribution in [0.4, 0.5) is 5.69 Å². The molecule has 0 saturated carbocycles. The maximum Gasteiger partial charge on any atom is 0.196 e. The summed E-state index contributed by atoms with van der Waals surface area (Å²) in [6, 6.07) is 25.5. The second-order valence-electron chi connectivity index (χ2n) is 8.61. The molecule has 3 aromatic carbocycles. The van der Waals surface area contributed by atoms with Crippen LogP contribution >= 0.6 is 0 Å². The molecule has 0 radical (unpaired) electrons. The normalized spacial score (nSPS) is 20.7. The third-order valence-corrected chi connectivity index (χ3v) is 6.70. The highest BCUT2D eigenvalue weighted by atomic mass is 16.2. The van der Waals surface area contributed by atoms with Crippen molar-refractivity contribution in [1.29, 1.82) is 0 Å². The van der Waals surface area contributed by atoms with Gasteiger partial charge in [0.25, 0.3) is 0 Å². The average molecular weight is 411 g/mol. The number of rotatable bonds is 3. The lowest BCUT2D eigenvalue weighted by atomic mass is 9.82. The Hall–Kier alpha value is -3.24. The molecule has 1 fully saturated rings. The number of ketones is 2. The second kappa shape index (κ2) is 7.47. The van der Waals surface area contributed by atoms with Gasteiger partial charge < -0.3 is 4.90 Å². The molecule has 1 heterocycles. The molecule has 1 atom stereocenters. The van der Waals surface area contributed by atoms with Crippen LogP contribution in [0, 0.1) is 6.92 Å². The van der Waals surface area contributed by atoms with Crippen molar-refractivity contribution in [3.8, 4) is 0 Å². The average Bonchev–Trinajstić information content (AvgIpc) is 3.02. The monoisotopic (exact) mass is 410 g/mol. The lowest BCUT2D eigenvalue weighted by Crippen LogP contribution is -2.63. The molecule has 5 rings (SSSR count). The van der Waals surface area contributed by atoms with Gasteiger partial charge in [0.15, 0.2) is 17.1 Å². The van der Waals surface area contributed by atoms with Gasteiger partial charge >= 0.3 is 0 Å². The minimum absolute atomic E-state index is 0.101. The summed E-state index contributed by atoms with van der Waals surface area (Å²) in [5, 5.41) is 0. The number of fused-ring (bicyclic) bond motifs is 1. The maximum absolute atomic E-state index is 13.9. The van der Waals surface area contributed by atoms with Gasteiger partial charge in [-0.1, -0.05) is 66.7 Å². The van der Waals surface area contributed by atoms with Crippen molar-refractivity contribution in [2.75, 3.05) is 24.5 Å². The Balaban J connectivity index is 1.56. The molecule has 31 heavy (non-hydrogen) atoms. The first-order valence-corrected chi connectivity index (χ1v) is 10.9. The zero-order valence-corrected chi connectivity index (χ0v) is 17.9. The zero-order valence-electron chi connectivity index (χ0n) is 17.9. The van der Waals surface area contributed by atoms with Crippen molar-refractivity contribution < 1.29 is 9.59 Å². The largest absolute Gasteiger partial charge is 0.366 e. The Morgan fingerprint density at radius 2 is 1.45 bits per heavy atom. The van der Waals surface area contributed by atoms with Crippen LogP contribution in [0.5, 0.6) is 0 Å². The Labute approximate surface area is 183 Å². The van der Waals surface area contributed by atoms with E-state index in [1.54, 1.807) is 12.1 Å². The van der Waals surface area contributed by atoms with Crippen LogP contribution in [0.2, 0.25) is 0 Å². The van der Waals surface area contributed by atoms with Crippen LogP contribution in [0.15, 0.2) is 78.9 Å². The third-order valence-electron chi connectivity index (χ3n) is 6.70. The van der Waals surface area contributed by atoms with E-state index in [-0.39, 0.29) is 17.6 Å². The highest BCUT2D eigenvalue weighted by Gasteiger charge is 2.58. The van der Waals surface area contributed by atoms with Gasteiger partial charge in [0.1, 0.15) is 0 Å². The van der Waals surface area contributed by atoms with Crippen LogP contribution < -0.4 is 4.90 Å². The van der Waals surface area contributed by atoms with Crippen molar-refractivity contribution in [3.05, 3.63) is 101 Å². The fourth-order valence-corrected chi connectivity index (χ4v) is 5.24. The molecule has 2 aliphatic rings. The number of aryl methyl sites for hydroxylation is 1. The molecule has 1 aliphatic carbocycles. The Morgan fingerprint density at radius 3 is 2.06 bits per heavy atom. The van der Waals surface area contributed by atoms with Crippen molar-refractivity contribution in [3.63, 3.8) is 0 Å². The summed E-state index contributed by atoms with van der Waals surface area (Å²) in [4.78, 5) is 32.2. The predicted octanol–water partition coefficient (Wildman–Crippen LogP) is 4.48. The molecule has 0 N–H and O–H groups in total. The first-order chi connectivity index (χ1) is 15.0. The Bertz CT molecular complexity index is 1120. The SMILES string of the molecule is Cc1cccc(N2CCN(C3(c4ccccc4)C(=O)c4ccccc4C3=O)C[C@@H]2C)c1. The highest BCUT2D eigenvalue weighted by molar-refractivity contribution is 6.32. The molecule has 0 unspecified atom stereocenters. The number of Topliss-reactive ketones (excluding diaryl/α,β-unsaturated/α-hetero) is 2. The number of hydrogen-bond donors (Lipinski definition) is 0. The number of carbonyl (C=O) groups excluding carboxylic acids is 2. The zero-order chi connectivity index (χ0) is 21.6. The summed E-state index contributed by atoms with van der Waals surface area (Å²) in [6.45, 7) is 6.30. The molecule has 0 aromatic heterocycles. The summed E-state index contributed by atoms with van der Waals surface area (Å²) in [6.07, 6.45) is 0. The smallest absolute Gasteiger partial charge is 0.196 e. The van der Waals surface area contributed by atoms with Gasteiger partial charge in [-0.05, 0) is 37.1 Å². The fraction of sp³-hybridized carbons (Fsp3) is 0.259. The van der Waals surface area contributed by atoms with Gasteiger partial charge in [0.2, 0.25) is 0 Å². The fourth-order valence-electron chi connectivity index (χ4n) is 5.24. The summed E-state index contributed by atoms with van der Waals surface area (Å²) < 4.78 is 0. The van der Waals surface area contributed by atoms with Gasteiger partial charge in [-0.15, -0.1) is 0 Å². The number of anilines is 1. The first kappa shape index (κ1) is 19.7. The molecule has 1 saturated heterocycles. The van der Waals surface area contributed by atoms with Crippen LogP contribution in [-0.2, 0) is 5.54 Å². The van der Waals surface area contributed by atoms with Crippen molar-refractivity contribution in [2.45, 2.75) is 25.4 Å². The number of carbonyl (C=O) groups is 2. The molecule has 1 aliphatic heterocycles. The van der Waals surface area contributed by atoms with Crippen molar-refractivity contribution >= 4 is 17.3 Å². The highest BCUT2D eigenvalue weighted by Crippen LogP contribution is 2.43. The lowest BCUT2D eigenvalue weighted by molar-refractivity contribution is 0.0428. The molecule has 0 amide bonds. The van der Waals surface area contributed by atoms with Gasteiger partial charge in [0.05, 0.1) is 0 Å². The van der Waals surface area contributed by atoms with E-state index < -0.39 is 5.54 Å². The number of hydrogen-bond acceptors (Lipinski definition) is 4. The molecule has 4 heteroatoms. The van der Waals surface area contributed by atoms with Crippen LogP contribution in [0.25, 0.3) is 0 Å². The van der Waals surface area contributed by atoms with E-state index in [0.717, 1.165) is 12.1 Å². The van der Waals surface area contributed by atoms with E-state index in [2.05, 4.69) is 47.9 Å². The van der Waals surface area contributed by atoms with E-state index in [1.165, 1.54) is 11.3 Å². The molecule has 0 bridgehead atoms. The molecule has 156 valence electrons. The number of piperazine rings is 1. The summed E-state index contributed by atoms with van der Waals surface area (Å²) in [7, 11) is 0. The topological polar surface area (TPSA) is 40.6 Å². The Morgan fingerprint density at radius 1 is 0.806 bits per heavy atom. The minimum atomic E-state index is -1.28. The van der Waals surface area contributed by atoms with E-state index >= 15 is 0 Å². The van der Waals surface area contributed by atoms with E-state index in [0.29, 0.717) is 24.2 Å². The standard InChI is InChI=1S/C27H26N2O2/c1-19-9-8-12-22(17-19)29-16-15-28(18-20(29)2)27(21-10-4-3-5-11-21)25(30)23-13-6-7-14-24(23)26(27)31/h3-14,17,20H,15-16,18H2,1-2H3/t20-/m0/s1. The van der Waals surface area contributed by atoms with Crippen LogP contribution in [0.3, 0.4) is 0 Å². The first-order valence-electron chi connectivity index (χ1n) is 10.9. The number of benzene rings is 3. The van der Waals surface area contributed by atoms with Crippen molar-refractivity contribution in [2.24, 2.45) is 0 Å². The van der Waals surface area contributed by atoms with Crippen LogP contribution in [0.1, 0.15) is 38.8 Å². The molecular formula is C27H26N2O2. The van der Waals surface area contributed by atoms with Gasteiger partial charge in [-0.2, -0.15) is 0 Å². The van der Waals surface area contributed by atoms with Gasteiger partial charge in [0, 0.05) is 42.5 Å². The second-order valence-corrected chi connectivity index (χ2v) is 8.61. The summed E-state index contributed by atoms with van der Waals surface area (Å²) >= 11 is 0. The molecule has 0 spiro atoms. The molecule has 4 nitrogen and oxygen atoms in total. The quantitative estimate of drug-likeness (QED) is 0.597. The van der Waals surface area contributed by atoms with Gasteiger partial charge in [-0.25, -0.2) is 0 Å². The van der Waals surface area contributed by atoms with Crippen LogP contribution in [-0.4, -0.2) is 42.1 Å². The molecular weight excluding hydrogens is 384 g/mol. The summed E-state index contributed by atoms with van der Waals surface area (Å²) in [5.41, 5.74) is 2.96. The Kier molecular flexibility index (Phi) is 4.75. The van der Waals surface area contributed by atoms with Crippen molar-refractivity contribution in [1.82, 2.24) is 4.90 Å². The minimum Gasteiger partial charge on any atom is -0.366 e. The molecule has 3 aromatic rings. The summed E-state index contributed by atoms with van der Waals surface area (Å²) in [5.74, 6) is -0.203. The van der Waals surface area contributed by atoms with E-state index in [9.17, 15) is 9.59 Å². The number of nitrogens with zero attached hydrogens (tertiary/aromatic N) is 2. The third kappa shape index (κ3) is 2.94. The maximum atomic E-state index is 13.9. The van der Waals surface area contributed by atoms with E-state index in [4.69, 9.17) is 0 Å². The predicted molar refractivity (Wildman–Crippen MR) is 123 cm³/mol.